The Labute approximate surface area is 97.8 Å². The normalized spacial score (nSPS) is 10.4. The van der Waals surface area contributed by atoms with Crippen LogP contribution in [-0.2, 0) is 0 Å². The maximum absolute atomic E-state index is 13.1. The van der Waals surface area contributed by atoms with E-state index in [-0.39, 0.29) is 24.5 Å². The number of carbonyl (C=O) groups excluding carboxylic acids is 1. The smallest absolute Gasteiger partial charge is 0.251 e. The lowest BCUT2D eigenvalue weighted by atomic mass is 10.2. The Bertz CT molecular complexity index is 393. The fourth-order valence-corrected chi connectivity index (χ4v) is 1.22. The zero-order valence-corrected chi connectivity index (χ0v) is 9.31. The molecular formula is C11H14FNO4. The average Bonchev–Trinajstić information content (AvgIpc) is 2.36. The minimum Gasteiger partial charge on any atom is -0.494 e. The van der Waals surface area contributed by atoms with E-state index in [0.717, 1.165) is 6.07 Å². The van der Waals surface area contributed by atoms with Gasteiger partial charge in [-0.3, -0.25) is 4.79 Å². The fraction of sp³-hybridized carbons (Fsp3) is 0.364. The minimum absolute atomic E-state index is 0.0396. The molecular weight excluding hydrogens is 229 g/mol. The lowest BCUT2D eigenvalue weighted by Crippen LogP contribution is -2.40. The van der Waals surface area contributed by atoms with Crippen LogP contribution in [0.15, 0.2) is 18.2 Å². The van der Waals surface area contributed by atoms with Gasteiger partial charge in [-0.1, -0.05) is 0 Å². The van der Waals surface area contributed by atoms with Gasteiger partial charge in [0, 0.05) is 5.56 Å². The maximum Gasteiger partial charge on any atom is 0.251 e. The van der Waals surface area contributed by atoms with Gasteiger partial charge < -0.3 is 20.3 Å². The summed E-state index contributed by atoms with van der Waals surface area (Å²) in [5, 5.41) is 20.0. The zero-order valence-electron chi connectivity index (χ0n) is 9.31. The van der Waals surface area contributed by atoms with Crippen molar-refractivity contribution >= 4 is 5.91 Å². The Morgan fingerprint density at radius 3 is 2.65 bits per heavy atom. The van der Waals surface area contributed by atoms with Gasteiger partial charge >= 0.3 is 0 Å². The van der Waals surface area contributed by atoms with E-state index in [1.165, 1.54) is 19.2 Å². The molecule has 1 aromatic rings. The number of benzene rings is 1. The molecule has 0 aliphatic rings. The highest BCUT2D eigenvalue weighted by molar-refractivity contribution is 5.94. The average molecular weight is 243 g/mol. The SMILES string of the molecule is COc1cc(C(=O)NC(CO)CO)ccc1F. The number of aliphatic hydroxyl groups is 2. The number of nitrogens with one attached hydrogen (secondary N) is 1. The molecule has 0 unspecified atom stereocenters. The highest BCUT2D eigenvalue weighted by Gasteiger charge is 2.14. The second kappa shape index (κ2) is 6.17. The maximum atomic E-state index is 13.1. The van der Waals surface area contributed by atoms with Crippen molar-refractivity contribution in [1.82, 2.24) is 5.32 Å². The number of carbonyl (C=O) groups is 1. The van der Waals surface area contributed by atoms with Gasteiger partial charge in [0.2, 0.25) is 0 Å². The highest BCUT2D eigenvalue weighted by Crippen LogP contribution is 2.18. The molecule has 0 atom stereocenters. The Morgan fingerprint density at radius 1 is 1.47 bits per heavy atom. The first kappa shape index (κ1) is 13.4. The Morgan fingerprint density at radius 2 is 2.12 bits per heavy atom. The van der Waals surface area contributed by atoms with Gasteiger partial charge in [-0.05, 0) is 18.2 Å². The molecule has 0 saturated carbocycles. The molecule has 0 aliphatic heterocycles. The summed E-state index contributed by atoms with van der Waals surface area (Å²) in [6, 6.07) is 2.91. The quantitative estimate of drug-likeness (QED) is 0.675. The molecule has 0 radical (unpaired) electrons. The standard InChI is InChI=1S/C11H14FNO4/c1-17-10-4-7(2-3-9(10)12)11(16)13-8(5-14)6-15/h2-4,8,14-15H,5-6H2,1H3,(H,13,16). The van der Waals surface area contributed by atoms with Crippen LogP contribution in [0.5, 0.6) is 5.75 Å². The molecule has 0 bridgehead atoms. The van der Waals surface area contributed by atoms with E-state index in [1.54, 1.807) is 0 Å². The first-order chi connectivity index (χ1) is 8.12. The van der Waals surface area contributed by atoms with Crippen molar-refractivity contribution in [3.05, 3.63) is 29.6 Å². The third-order valence-corrected chi connectivity index (χ3v) is 2.19. The van der Waals surface area contributed by atoms with Gasteiger partial charge in [-0.25, -0.2) is 4.39 Å². The van der Waals surface area contributed by atoms with Crippen molar-refractivity contribution in [2.24, 2.45) is 0 Å². The monoisotopic (exact) mass is 243 g/mol. The Kier molecular flexibility index (Phi) is 4.86. The van der Waals surface area contributed by atoms with Crippen LogP contribution in [0.2, 0.25) is 0 Å². The topological polar surface area (TPSA) is 78.8 Å². The number of halogens is 1. The number of methoxy groups -OCH3 is 1. The van der Waals surface area contributed by atoms with Crippen LogP contribution in [-0.4, -0.2) is 42.5 Å². The van der Waals surface area contributed by atoms with Crippen LogP contribution in [0, 0.1) is 5.82 Å². The predicted octanol–water partition coefficient (Wildman–Crippen LogP) is -0.0827. The number of aliphatic hydroxyl groups excluding tert-OH is 2. The predicted molar refractivity (Wildman–Crippen MR) is 58.4 cm³/mol. The Balaban J connectivity index is 2.82. The van der Waals surface area contributed by atoms with E-state index in [0.29, 0.717) is 0 Å². The summed E-state index contributed by atoms with van der Waals surface area (Å²) >= 11 is 0. The second-order valence-corrected chi connectivity index (χ2v) is 3.38. The molecule has 6 heteroatoms. The van der Waals surface area contributed by atoms with E-state index in [2.05, 4.69) is 5.32 Å². The third kappa shape index (κ3) is 3.40. The molecule has 1 rings (SSSR count). The summed E-state index contributed by atoms with van der Waals surface area (Å²) in [5.41, 5.74) is 0.190. The first-order valence-corrected chi connectivity index (χ1v) is 4.98. The van der Waals surface area contributed by atoms with Gasteiger partial charge in [0.25, 0.3) is 5.91 Å². The number of hydrogen-bond acceptors (Lipinski definition) is 4. The number of rotatable bonds is 5. The largest absolute Gasteiger partial charge is 0.494 e. The summed E-state index contributed by atoms with van der Waals surface area (Å²) in [6.45, 7) is -0.749. The second-order valence-electron chi connectivity index (χ2n) is 3.38. The van der Waals surface area contributed by atoms with Gasteiger partial charge in [-0.2, -0.15) is 0 Å². The zero-order chi connectivity index (χ0) is 12.8. The summed E-state index contributed by atoms with van der Waals surface area (Å²) in [6.07, 6.45) is 0. The van der Waals surface area contributed by atoms with E-state index in [4.69, 9.17) is 14.9 Å². The molecule has 0 saturated heterocycles. The van der Waals surface area contributed by atoms with Crippen LogP contribution in [0.1, 0.15) is 10.4 Å². The minimum atomic E-state index is -0.737. The highest BCUT2D eigenvalue weighted by atomic mass is 19.1. The molecule has 0 heterocycles. The van der Waals surface area contributed by atoms with Crippen LogP contribution >= 0.6 is 0 Å². The molecule has 1 amide bonds. The van der Waals surface area contributed by atoms with Crippen LogP contribution in [0.25, 0.3) is 0 Å². The van der Waals surface area contributed by atoms with Crippen molar-refractivity contribution < 1.29 is 24.1 Å². The van der Waals surface area contributed by atoms with E-state index >= 15 is 0 Å². The Hall–Kier alpha value is -1.66. The van der Waals surface area contributed by atoms with E-state index in [9.17, 15) is 9.18 Å². The van der Waals surface area contributed by atoms with E-state index in [1.807, 2.05) is 0 Å². The molecule has 3 N–H and O–H groups in total. The molecule has 0 fully saturated rings. The van der Waals surface area contributed by atoms with Gasteiger partial charge in [-0.15, -0.1) is 0 Å². The fourth-order valence-electron chi connectivity index (χ4n) is 1.22. The van der Waals surface area contributed by atoms with Crippen molar-refractivity contribution in [3.63, 3.8) is 0 Å². The molecule has 94 valence electrons. The van der Waals surface area contributed by atoms with Crippen LogP contribution in [0.4, 0.5) is 4.39 Å². The van der Waals surface area contributed by atoms with Gasteiger partial charge in [0.1, 0.15) is 0 Å². The van der Waals surface area contributed by atoms with Gasteiger partial charge in [0.15, 0.2) is 11.6 Å². The first-order valence-electron chi connectivity index (χ1n) is 4.98. The third-order valence-electron chi connectivity index (χ3n) is 2.19. The van der Waals surface area contributed by atoms with Crippen molar-refractivity contribution in [2.75, 3.05) is 20.3 Å². The molecule has 0 aliphatic carbocycles. The molecule has 0 spiro atoms. The molecule has 5 nitrogen and oxygen atoms in total. The van der Waals surface area contributed by atoms with Crippen molar-refractivity contribution in [1.29, 1.82) is 0 Å². The molecule has 17 heavy (non-hydrogen) atoms. The van der Waals surface area contributed by atoms with Gasteiger partial charge in [0.05, 0.1) is 26.4 Å². The van der Waals surface area contributed by atoms with Crippen LogP contribution < -0.4 is 10.1 Å². The molecule has 0 aromatic heterocycles. The lowest BCUT2D eigenvalue weighted by Gasteiger charge is -2.13. The van der Waals surface area contributed by atoms with Crippen LogP contribution in [0.3, 0.4) is 0 Å². The number of amides is 1. The van der Waals surface area contributed by atoms with Crippen molar-refractivity contribution in [2.45, 2.75) is 6.04 Å². The number of ether oxygens (including phenoxy) is 1. The number of hydrogen-bond donors (Lipinski definition) is 3. The summed E-state index contributed by atoms with van der Waals surface area (Å²) < 4.78 is 17.8. The summed E-state index contributed by atoms with van der Waals surface area (Å²) in [5.74, 6) is -1.12. The lowest BCUT2D eigenvalue weighted by molar-refractivity contribution is 0.0879. The van der Waals surface area contributed by atoms with Crippen molar-refractivity contribution in [3.8, 4) is 5.75 Å². The summed E-state index contributed by atoms with van der Waals surface area (Å²) in [4.78, 5) is 11.6. The molecule has 1 aromatic carbocycles. The summed E-state index contributed by atoms with van der Waals surface area (Å²) in [7, 11) is 1.30. The van der Waals surface area contributed by atoms with E-state index < -0.39 is 17.8 Å².